The highest BCUT2D eigenvalue weighted by Gasteiger charge is 2.30. The summed E-state index contributed by atoms with van der Waals surface area (Å²) in [5.41, 5.74) is -0.986. The van der Waals surface area contributed by atoms with E-state index < -0.39 is 17.7 Å². The lowest BCUT2D eigenvalue weighted by molar-refractivity contribution is -0.137. The highest BCUT2D eigenvalue weighted by Crippen LogP contribution is 2.33. The van der Waals surface area contributed by atoms with Gasteiger partial charge in [-0.05, 0) is 18.2 Å². The van der Waals surface area contributed by atoms with E-state index in [0.29, 0.717) is 0 Å². The predicted octanol–water partition coefficient (Wildman–Crippen LogP) is 3.03. The predicted molar refractivity (Wildman–Crippen MR) is 76.4 cm³/mol. The number of rotatable bonds is 4. The van der Waals surface area contributed by atoms with Gasteiger partial charge in [0.25, 0.3) is 0 Å². The molecular formula is C13H10ClF3N4O2. The summed E-state index contributed by atoms with van der Waals surface area (Å²) < 4.78 is 43.8. The molecule has 2 aromatic rings. The van der Waals surface area contributed by atoms with Crippen LogP contribution in [0, 0.1) is 0 Å². The summed E-state index contributed by atoms with van der Waals surface area (Å²) in [4.78, 5) is 15.4. The Morgan fingerprint density at radius 2 is 2.17 bits per heavy atom. The molecule has 23 heavy (non-hydrogen) atoms. The van der Waals surface area contributed by atoms with Gasteiger partial charge < -0.3 is 10.1 Å². The van der Waals surface area contributed by atoms with Crippen molar-refractivity contribution in [2.45, 2.75) is 6.18 Å². The van der Waals surface area contributed by atoms with Crippen LogP contribution in [0.3, 0.4) is 0 Å². The molecule has 0 radical (unpaired) electrons. The van der Waals surface area contributed by atoms with Crippen molar-refractivity contribution < 1.29 is 22.7 Å². The maximum Gasteiger partial charge on any atom is 0.416 e. The maximum absolute atomic E-state index is 12.7. The Morgan fingerprint density at radius 1 is 1.43 bits per heavy atom. The molecule has 2 rings (SSSR count). The van der Waals surface area contributed by atoms with E-state index in [4.69, 9.17) is 11.6 Å². The van der Waals surface area contributed by atoms with Crippen molar-refractivity contribution in [3.63, 3.8) is 0 Å². The van der Waals surface area contributed by atoms with Gasteiger partial charge in [-0.3, -0.25) is 0 Å². The molecule has 0 amide bonds. The SMILES string of the molecule is COC(=O)C(=CNc1cc(C(F)(F)F)ccc1Cl)n1cncn1. The molecule has 0 fully saturated rings. The first-order valence-corrected chi connectivity index (χ1v) is 6.47. The third-order valence-corrected chi connectivity index (χ3v) is 3.05. The van der Waals surface area contributed by atoms with Crippen LogP contribution in [0.25, 0.3) is 5.70 Å². The van der Waals surface area contributed by atoms with Crippen LogP contribution in [-0.4, -0.2) is 27.8 Å². The summed E-state index contributed by atoms with van der Waals surface area (Å²) in [6.07, 6.45) is -0.962. The third-order valence-electron chi connectivity index (χ3n) is 2.72. The largest absolute Gasteiger partial charge is 0.464 e. The molecule has 0 spiro atoms. The number of nitrogens with zero attached hydrogens (tertiary/aromatic N) is 3. The summed E-state index contributed by atoms with van der Waals surface area (Å²) in [5, 5.41) is 6.36. The summed E-state index contributed by atoms with van der Waals surface area (Å²) in [6, 6.07) is 2.79. The molecule has 0 saturated heterocycles. The minimum Gasteiger partial charge on any atom is -0.464 e. The zero-order chi connectivity index (χ0) is 17.0. The lowest BCUT2D eigenvalue weighted by atomic mass is 10.2. The first-order valence-electron chi connectivity index (χ1n) is 6.09. The molecule has 6 nitrogen and oxygen atoms in total. The van der Waals surface area contributed by atoms with Crippen molar-refractivity contribution in [1.29, 1.82) is 0 Å². The molecule has 1 N–H and O–H groups in total. The topological polar surface area (TPSA) is 69.0 Å². The van der Waals surface area contributed by atoms with Gasteiger partial charge in [0.05, 0.1) is 23.4 Å². The minimum atomic E-state index is -4.51. The first-order chi connectivity index (χ1) is 10.8. The summed E-state index contributed by atoms with van der Waals surface area (Å²) in [7, 11) is 1.16. The third kappa shape index (κ3) is 4.01. The number of hydrogen-bond donors (Lipinski definition) is 1. The number of alkyl halides is 3. The van der Waals surface area contributed by atoms with Crippen LogP contribution in [-0.2, 0) is 15.7 Å². The monoisotopic (exact) mass is 346 g/mol. The van der Waals surface area contributed by atoms with E-state index in [9.17, 15) is 18.0 Å². The molecule has 0 saturated carbocycles. The number of carbonyl (C=O) groups is 1. The molecule has 122 valence electrons. The maximum atomic E-state index is 12.7. The molecule has 0 aliphatic carbocycles. The number of anilines is 1. The number of nitrogens with one attached hydrogen (secondary N) is 1. The van der Waals surface area contributed by atoms with Gasteiger partial charge in [-0.25, -0.2) is 14.5 Å². The molecule has 1 heterocycles. The number of benzene rings is 1. The number of esters is 1. The Hall–Kier alpha value is -2.55. The van der Waals surface area contributed by atoms with E-state index in [-0.39, 0.29) is 16.4 Å². The van der Waals surface area contributed by atoms with Crippen LogP contribution in [0.5, 0.6) is 0 Å². The normalized spacial score (nSPS) is 12.1. The second kappa shape index (κ2) is 6.69. The van der Waals surface area contributed by atoms with Crippen molar-refractivity contribution >= 4 is 29.0 Å². The Bertz CT molecular complexity index is 729. The van der Waals surface area contributed by atoms with Gasteiger partial charge in [-0.1, -0.05) is 11.6 Å². The number of halogens is 4. The quantitative estimate of drug-likeness (QED) is 0.680. The Balaban J connectivity index is 2.35. The second-order valence-electron chi connectivity index (χ2n) is 4.20. The van der Waals surface area contributed by atoms with E-state index in [1.165, 1.54) is 12.7 Å². The standard InChI is InChI=1S/C13H10ClF3N4O2/c1-23-12(22)11(21-7-18-6-20-21)5-19-10-4-8(13(15,16)17)2-3-9(10)14/h2-7,19H,1H3. The van der Waals surface area contributed by atoms with Crippen LogP contribution in [0.2, 0.25) is 5.02 Å². The molecule has 0 unspecified atom stereocenters. The fourth-order valence-corrected chi connectivity index (χ4v) is 1.79. The lowest BCUT2D eigenvalue weighted by Gasteiger charge is -2.11. The molecule has 1 aromatic carbocycles. The Labute approximate surface area is 133 Å². The highest BCUT2D eigenvalue weighted by atomic mass is 35.5. The van der Waals surface area contributed by atoms with Crippen molar-refractivity contribution in [3.8, 4) is 0 Å². The van der Waals surface area contributed by atoms with Gasteiger partial charge in [-0.2, -0.15) is 18.3 Å². The van der Waals surface area contributed by atoms with Crippen LogP contribution in [0.1, 0.15) is 5.56 Å². The van der Waals surface area contributed by atoms with Crippen LogP contribution >= 0.6 is 11.6 Å². The average molecular weight is 347 g/mol. The van der Waals surface area contributed by atoms with Crippen molar-refractivity contribution in [2.24, 2.45) is 0 Å². The minimum absolute atomic E-state index is 0.0250. The molecular weight excluding hydrogens is 337 g/mol. The average Bonchev–Trinajstić information content (AvgIpc) is 3.01. The van der Waals surface area contributed by atoms with E-state index >= 15 is 0 Å². The van der Waals surface area contributed by atoms with Gasteiger partial charge in [0.1, 0.15) is 12.7 Å². The lowest BCUT2D eigenvalue weighted by Crippen LogP contribution is -2.13. The van der Waals surface area contributed by atoms with Gasteiger partial charge in [-0.15, -0.1) is 0 Å². The first kappa shape index (κ1) is 16.8. The van der Waals surface area contributed by atoms with Crippen LogP contribution in [0.15, 0.2) is 37.1 Å². The van der Waals surface area contributed by atoms with E-state index in [1.54, 1.807) is 0 Å². The molecule has 1 aromatic heterocycles. The van der Waals surface area contributed by atoms with Gasteiger partial charge >= 0.3 is 12.1 Å². The number of hydrogen-bond acceptors (Lipinski definition) is 5. The zero-order valence-corrected chi connectivity index (χ0v) is 12.4. The molecule has 0 bridgehead atoms. The molecule has 0 aliphatic heterocycles. The zero-order valence-electron chi connectivity index (χ0n) is 11.6. The fourth-order valence-electron chi connectivity index (χ4n) is 1.61. The molecule has 0 aliphatic rings. The van der Waals surface area contributed by atoms with Crippen molar-refractivity contribution in [1.82, 2.24) is 14.8 Å². The van der Waals surface area contributed by atoms with Gasteiger partial charge in [0.2, 0.25) is 0 Å². The number of ether oxygens (including phenoxy) is 1. The van der Waals surface area contributed by atoms with Crippen molar-refractivity contribution in [2.75, 3.05) is 12.4 Å². The molecule has 10 heteroatoms. The Morgan fingerprint density at radius 3 is 2.74 bits per heavy atom. The van der Waals surface area contributed by atoms with Crippen LogP contribution < -0.4 is 5.32 Å². The van der Waals surface area contributed by atoms with Crippen molar-refractivity contribution in [3.05, 3.63) is 47.6 Å². The van der Waals surface area contributed by atoms with Crippen LogP contribution in [0.4, 0.5) is 18.9 Å². The fraction of sp³-hybridized carbons (Fsp3) is 0.154. The number of carbonyl (C=O) groups excluding carboxylic acids is 1. The van der Waals surface area contributed by atoms with Gasteiger partial charge in [0, 0.05) is 6.20 Å². The van der Waals surface area contributed by atoms with E-state index in [1.807, 2.05) is 0 Å². The van der Waals surface area contributed by atoms with E-state index in [0.717, 1.165) is 36.2 Å². The number of aromatic nitrogens is 3. The summed E-state index contributed by atoms with van der Waals surface area (Å²) in [6.45, 7) is 0. The second-order valence-corrected chi connectivity index (χ2v) is 4.61. The number of methoxy groups -OCH3 is 1. The summed E-state index contributed by atoms with van der Waals surface area (Å²) >= 11 is 5.86. The van der Waals surface area contributed by atoms with Gasteiger partial charge in [0.15, 0.2) is 5.70 Å². The summed E-state index contributed by atoms with van der Waals surface area (Å²) in [5.74, 6) is -0.758. The molecule has 0 atom stereocenters. The smallest absolute Gasteiger partial charge is 0.416 e. The van der Waals surface area contributed by atoms with E-state index in [2.05, 4.69) is 20.1 Å². The highest BCUT2D eigenvalue weighted by molar-refractivity contribution is 6.33. The Kier molecular flexibility index (Phi) is 4.89.